The fourth-order valence-electron chi connectivity index (χ4n) is 3.35. The zero-order valence-electron chi connectivity index (χ0n) is 15.6. The van der Waals surface area contributed by atoms with E-state index in [0.29, 0.717) is 22.5 Å². The number of hydrogen-bond acceptors (Lipinski definition) is 7. The maximum absolute atomic E-state index is 11.6. The van der Waals surface area contributed by atoms with Crippen LogP contribution in [0.1, 0.15) is 17.3 Å². The summed E-state index contributed by atoms with van der Waals surface area (Å²) in [6.45, 7) is 3.70. The summed E-state index contributed by atoms with van der Waals surface area (Å²) in [6, 6.07) is 3.76. The van der Waals surface area contributed by atoms with Crippen LogP contribution in [0.5, 0.6) is 5.75 Å². The minimum absolute atomic E-state index is 0.143. The number of fused-ring (bicyclic) bond motifs is 3. The topological polar surface area (TPSA) is 111 Å². The van der Waals surface area contributed by atoms with Crippen molar-refractivity contribution in [3.63, 3.8) is 0 Å². The molecular weight excluding hydrogens is 404 g/mol. The van der Waals surface area contributed by atoms with Gasteiger partial charge in [-0.1, -0.05) is 16.8 Å². The third-order valence-electron chi connectivity index (χ3n) is 4.47. The van der Waals surface area contributed by atoms with Crippen molar-refractivity contribution in [2.75, 3.05) is 13.4 Å². The Bertz CT molecular complexity index is 1320. The molecule has 0 spiro atoms. The molecule has 1 aromatic carbocycles. The van der Waals surface area contributed by atoms with E-state index in [-0.39, 0.29) is 16.7 Å². The van der Waals surface area contributed by atoms with Crippen LogP contribution in [0.2, 0.25) is 5.15 Å². The first-order valence-corrected chi connectivity index (χ1v) is 10.8. The van der Waals surface area contributed by atoms with E-state index in [0.717, 1.165) is 34.0 Å². The first-order chi connectivity index (χ1) is 13.2. The molecule has 0 atom stereocenters. The molecule has 0 saturated carbocycles. The van der Waals surface area contributed by atoms with Gasteiger partial charge in [0.25, 0.3) is 0 Å². The molecule has 0 unspecified atom stereocenters. The quantitative estimate of drug-likeness (QED) is 0.502. The average molecular weight is 421 g/mol. The first kappa shape index (κ1) is 18.7. The monoisotopic (exact) mass is 420 g/mol. The molecule has 0 aliphatic carbocycles. The molecule has 0 aliphatic heterocycles. The molecule has 0 fully saturated rings. The molecule has 0 bridgehead atoms. The summed E-state index contributed by atoms with van der Waals surface area (Å²) in [5.74, 6) is 1.16. The van der Waals surface area contributed by atoms with Gasteiger partial charge in [0.1, 0.15) is 33.9 Å². The summed E-state index contributed by atoms with van der Waals surface area (Å²) in [4.78, 5) is 11.7. The number of methoxy groups -OCH3 is 1. The van der Waals surface area contributed by atoms with Crippen LogP contribution >= 0.6 is 11.6 Å². The third-order valence-corrected chi connectivity index (χ3v) is 5.52. The lowest BCUT2D eigenvalue weighted by molar-refractivity contribution is 0.393. The van der Waals surface area contributed by atoms with Crippen molar-refractivity contribution in [3.05, 3.63) is 34.6 Å². The maximum atomic E-state index is 11.6. The van der Waals surface area contributed by atoms with E-state index in [1.807, 2.05) is 26.0 Å². The van der Waals surface area contributed by atoms with E-state index >= 15 is 0 Å². The molecule has 0 aliphatic rings. The van der Waals surface area contributed by atoms with Crippen LogP contribution in [0.4, 0.5) is 0 Å². The molecule has 3 heterocycles. The van der Waals surface area contributed by atoms with E-state index < -0.39 is 9.84 Å². The summed E-state index contributed by atoms with van der Waals surface area (Å²) in [5, 5.41) is 5.58. The number of aryl methyl sites for hydroxylation is 2. The Labute approximate surface area is 165 Å². The molecule has 1 N–H and O–H groups in total. The Morgan fingerprint density at radius 2 is 2.00 bits per heavy atom. The van der Waals surface area contributed by atoms with Crippen LogP contribution in [0.15, 0.2) is 16.7 Å². The molecule has 146 valence electrons. The van der Waals surface area contributed by atoms with Crippen LogP contribution in [0, 0.1) is 13.8 Å². The molecule has 10 heteroatoms. The number of ether oxygens (including phenoxy) is 1. The van der Waals surface area contributed by atoms with Crippen molar-refractivity contribution in [2.24, 2.45) is 0 Å². The Hall–Kier alpha value is -2.65. The van der Waals surface area contributed by atoms with E-state index in [1.54, 1.807) is 7.11 Å². The number of aromatic amines is 1. The Morgan fingerprint density at radius 3 is 2.61 bits per heavy atom. The molecule has 0 radical (unpaired) electrons. The summed E-state index contributed by atoms with van der Waals surface area (Å²) in [7, 11) is -1.70. The summed E-state index contributed by atoms with van der Waals surface area (Å²) in [6.07, 6.45) is 1.13. The van der Waals surface area contributed by atoms with Gasteiger partial charge < -0.3 is 14.2 Å². The smallest absolute Gasteiger partial charge is 0.154 e. The lowest BCUT2D eigenvalue weighted by Crippen LogP contribution is -2.05. The highest BCUT2D eigenvalue weighted by Gasteiger charge is 2.20. The minimum Gasteiger partial charge on any atom is -0.496 e. The normalized spacial score (nSPS) is 12.2. The van der Waals surface area contributed by atoms with E-state index in [9.17, 15) is 8.42 Å². The van der Waals surface area contributed by atoms with Crippen LogP contribution < -0.4 is 4.74 Å². The van der Waals surface area contributed by atoms with Crippen molar-refractivity contribution in [1.82, 2.24) is 20.1 Å². The second-order valence-electron chi connectivity index (χ2n) is 6.65. The van der Waals surface area contributed by atoms with Crippen molar-refractivity contribution < 1.29 is 17.7 Å². The number of nitrogens with one attached hydrogen (secondary N) is 1. The van der Waals surface area contributed by atoms with Crippen molar-refractivity contribution in [2.45, 2.75) is 19.6 Å². The molecule has 0 saturated heterocycles. The number of halogens is 1. The molecule has 4 rings (SSSR count). The fourth-order valence-corrected chi connectivity index (χ4v) is 4.24. The lowest BCUT2D eigenvalue weighted by Gasteiger charge is -2.09. The maximum Gasteiger partial charge on any atom is 0.154 e. The Morgan fingerprint density at radius 1 is 1.25 bits per heavy atom. The van der Waals surface area contributed by atoms with Gasteiger partial charge in [-0.15, -0.1) is 0 Å². The number of benzene rings is 1. The van der Waals surface area contributed by atoms with Crippen LogP contribution in [0.3, 0.4) is 0 Å². The second kappa shape index (κ2) is 6.46. The van der Waals surface area contributed by atoms with Gasteiger partial charge in [-0.2, -0.15) is 0 Å². The van der Waals surface area contributed by atoms with Gasteiger partial charge in [-0.05, 0) is 26.0 Å². The highest BCUT2D eigenvalue weighted by atomic mass is 35.5. The Kier molecular flexibility index (Phi) is 4.31. The van der Waals surface area contributed by atoms with Gasteiger partial charge in [0.05, 0.1) is 23.8 Å². The number of nitrogens with zero attached hydrogens (tertiary/aromatic N) is 3. The highest BCUT2D eigenvalue weighted by Crippen LogP contribution is 2.40. The first-order valence-electron chi connectivity index (χ1n) is 8.34. The fraction of sp³-hybridized carbons (Fsp3) is 0.278. The van der Waals surface area contributed by atoms with E-state index in [2.05, 4.69) is 20.1 Å². The number of hydrogen-bond donors (Lipinski definition) is 1. The van der Waals surface area contributed by atoms with Crippen LogP contribution in [-0.2, 0) is 15.6 Å². The second-order valence-corrected chi connectivity index (χ2v) is 9.14. The van der Waals surface area contributed by atoms with Crippen LogP contribution in [0.25, 0.3) is 33.1 Å². The summed E-state index contributed by atoms with van der Waals surface area (Å²) >= 11 is 6.36. The minimum atomic E-state index is -3.28. The van der Waals surface area contributed by atoms with Crippen molar-refractivity contribution >= 4 is 43.4 Å². The molecule has 4 aromatic rings. The largest absolute Gasteiger partial charge is 0.496 e. The standard InChI is InChI=1S/C18H17ClN4O4S/c1-8-15(9(2)27-23-8)11-5-12-10(6-13(11)26-3)16-17(19)21-14(7-28(4,24)25)22-18(16)20-12/h5-6H,7H2,1-4H3,(H,20,21,22). The lowest BCUT2D eigenvalue weighted by atomic mass is 10.0. The predicted octanol–water partition coefficient (Wildman–Crippen LogP) is 3.59. The molecular formula is C18H17ClN4O4S. The zero-order chi connectivity index (χ0) is 20.2. The van der Waals surface area contributed by atoms with E-state index in [4.69, 9.17) is 20.9 Å². The molecule has 3 aromatic heterocycles. The molecule has 0 amide bonds. The zero-order valence-corrected chi connectivity index (χ0v) is 17.2. The number of aromatic nitrogens is 4. The SMILES string of the molecule is COc1cc2c(cc1-c1c(C)noc1C)[nH]c1nc(CS(C)(=O)=O)nc(Cl)c12. The summed E-state index contributed by atoms with van der Waals surface area (Å²) < 4.78 is 34.0. The van der Waals surface area contributed by atoms with Crippen molar-refractivity contribution in [1.29, 1.82) is 0 Å². The molecule has 28 heavy (non-hydrogen) atoms. The third kappa shape index (κ3) is 3.10. The molecule has 8 nitrogen and oxygen atoms in total. The number of rotatable bonds is 4. The Balaban J connectivity index is 2.00. The average Bonchev–Trinajstić information content (AvgIpc) is 3.11. The van der Waals surface area contributed by atoms with Gasteiger partial charge in [-0.25, -0.2) is 18.4 Å². The van der Waals surface area contributed by atoms with Gasteiger partial charge in [0.15, 0.2) is 9.84 Å². The predicted molar refractivity (Wildman–Crippen MR) is 106 cm³/mol. The number of sulfone groups is 1. The van der Waals surface area contributed by atoms with Gasteiger partial charge >= 0.3 is 0 Å². The van der Waals surface area contributed by atoms with E-state index in [1.165, 1.54) is 0 Å². The highest BCUT2D eigenvalue weighted by molar-refractivity contribution is 7.89. The van der Waals surface area contributed by atoms with Gasteiger partial charge in [0, 0.05) is 22.7 Å². The summed E-state index contributed by atoms with van der Waals surface area (Å²) in [5.41, 5.74) is 3.65. The van der Waals surface area contributed by atoms with Gasteiger partial charge in [-0.3, -0.25) is 0 Å². The number of H-pyrrole nitrogens is 1. The van der Waals surface area contributed by atoms with Crippen LogP contribution in [-0.4, -0.2) is 41.9 Å². The van der Waals surface area contributed by atoms with Crippen molar-refractivity contribution in [3.8, 4) is 16.9 Å². The van der Waals surface area contributed by atoms with Gasteiger partial charge in [0.2, 0.25) is 0 Å².